The minimum atomic E-state index is -3.15. The molecule has 0 spiro atoms. The molecule has 2 atom stereocenters. The average molecular weight is 439 g/mol. The SMILES string of the molecule is N#Cc1ncc(C(=O)N[C@@H](CF)C(F)F)c(N2CC[C@H](N)C2)c1-c1cc(F)cc(F)c1. The summed E-state index contributed by atoms with van der Waals surface area (Å²) in [7, 11) is 0. The van der Waals surface area contributed by atoms with Gasteiger partial charge in [-0.15, -0.1) is 0 Å². The highest BCUT2D eigenvalue weighted by Gasteiger charge is 2.31. The zero-order chi connectivity index (χ0) is 22.7. The molecule has 2 aromatic rings. The van der Waals surface area contributed by atoms with Crippen LogP contribution in [0, 0.1) is 23.0 Å². The van der Waals surface area contributed by atoms with Crippen LogP contribution in [0.2, 0.25) is 0 Å². The largest absolute Gasteiger partial charge is 0.369 e. The fraction of sp³-hybridized carbons (Fsp3) is 0.350. The summed E-state index contributed by atoms with van der Waals surface area (Å²) >= 11 is 0. The lowest BCUT2D eigenvalue weighted by Crippen LogP contribution is -2.42. The van der Waals surface area contributed by atoms with Gasteiger partial charge in [-0.3, -0.25) is 4.79 Å². The molecule has 3 rings (SSSR count). The van der Waals surface area contributed by atoms with Crippen LogP contribution in [0.4, 0.5) is 27.6 Å². The van der Waals surface area contributed by atoms with Gasteiger partial charge in [-0.25, -0.2) is 26.9 Å². The molecule has 6 nitrogen and oxygen atoms in total. The quantitative estimate of drug-likeness (QED) is 0.675. The molecule has 11 heteroatoms. The maximum Gasteiger partial charge on any atom is 0.261 e. The molecule has 1 fully saturated rings. The fourth-order valence-electron chi connectivity index (χ4n) is 3.46. The van der Waals surface area contributed by atoms with E-state index in [-0.39, 0.29) is 40.7 Å². The third-order valence-electron chi connectivity index (χ3n) is 4.88. The minimum Gasteiger partial charge on any atom is -0.369 e. The van der Waals surface area contributed by atoms with Crippen molar-refractivity contribution in [1.82, 2.24) is 10.3 Å². The van der Waals surface area contributed by atoms with Crippen LogP contribution in [0.5, 0.6) is 0 Å². The van der Waals surface area contributed by atoms with Crippen molar-refractivity contribution in [2.45, 2.75) is 24.9 Å². The molecular weight excluding hydrogens is 421 g/mol. The van der Waals surface area contributed by atoms with Crippen LogP contribution in [0.15, 0.2) is 24.4 Å². The van der Waals surface area contributed by atoms with Crippen molar-refractivity contribution < 1.29 is 26.7 Å². The third-order valence-corrected chi connectivity index (χ3v) is 4.88. The Balaban J connectivity index is 2.22. The van der Waals surface area contributed by atoms with Crippen molar-refractivity contribution in [1.29, 1.82) is 5.26 Å². The van der Waals surface area contributed by atoms with E-state index >= 15 is 0 Å². The third kappa shape index (κ3) is 4.74. The lowest BCUT2D eigenvalue weighted by molar-refractivity contribution is 0.0681. The van der Waals surface area contributed by atoms with Gasteiger partial charge >= 0.3 is 0 Å². The van der Waals surface area contributed by atoms with Crippen molar-refractivity contribution in [2.75, 3.05) is 24.7 Å². The minimum absolute atomic E-state index is 0.0449. The number of nitrogens with zero attached hydrogens (tertiary/aromatic N) is 3. The number of amides is 1. The van der Waals surface area contributed by atoms with Gasteiger partial charge in [-0.1, -0.05) is 0 Å². The summed E-state index contributed by atoms with van der Waals surface area (Å²) in [5.41, 5.74) is 5.43. The number of hydrogen-bond acceptors (Lipinski definition) is 5. The number of benzene rings is 1. The highest BCUT2D eigenvalue weighted by atomic mass is 19.3. The van der Waals surface area contributed by atoms with Gasteiger partial charge in [0.15, 0.2) is 0 Å². The van der Waals surface area contributed by atoms with Crippen molar-refractivity contribution in [3.8, 4) is 17.2 Å². The number of nitrogens with two attached hydrogens (primary N) is 1. The van der Waals surface area contributed by atoms with Crippen LogP contribution in [0.1, 0.15) is 22.5 Å². The molecule has 1 aliphatic heterocycles. The number of alkyl halides is 3. The van der Waals surface area contributed by atoms with E-state index in [0.717, 1.165) is 18.3 Å². The van der Waals surface area contributed by atoms with E-state index in [2.05, 4.69) is 4.98 Å². The first kappa shape index (κ1) is 22.4. The summed E-state index contributed by atoms with van der Waals surface area (Å²) in [6.07, 6.45) is -1.64. The molecule has 1 aliphatic rings. The van der Waals surface area contributed by atoms with Gasteiger partial charge in [0.1, 0.15) is 36.1 Å². The number of carbonyl (C=O) groups is 1. The van der Waals surface area contributed by atoms with Crippen LogP contribution >= 0.6 is 0 Å². The zero-order valence-corrected chi connectivity index (χ0v) is 16.1. The summed E-state index contributed by atoms with van der Waals surface area (Å²) in [4.78, 5) is 18.2. The summed E-state index contributed by atoms with van der Waals surface area (Å²) < 4.78 is 66.6. The highest BCUT2D eigenvalue weighted by molar-refractivity contribution is 6.04. The summed E-state index contributed by atoms with van der Waals surface area (Å²) in [5.74, 6) is -2.91. The Hall–Kier alpha value is -3.26. The molecule has 2 heterocycles. The lowest BCUT2D eigenvalue weighted by Gasteiger charge is -2.26. The monoisotopic (exact) mass is 439 g/mol. The number of nitrogens with one attached hydrogen (secondary N) is 1. The number of hydrogen-bond donors (Lipinski definition) is 2. The lowest BCUT2D eigenvalue weighted by atomic mass is 9.97. The van der Waals surface area contributed by atoms with E-state index in [1.807, 2.05) is 11.4 Å². The first-order valence-corrected chi connectivity index (χ1v) is 9.30. The molecule has 164 valence electrons. The number of nitriles is 1. The molecule has 1 saturated heterocycles. The molecular formula is C20H18F5N5O. The Morgan fingerprint density at radius 2 is 2.00 bits per heavy atom. The normalized spacial score (nSPS) is 17.0. The summed E-state index contributed by atoms with van der Waals surface area (Å²) in [6, 6.07) is 2.05. The Labute approximate surface area is 174 Å². The summed E-state index contributed by atoms with van der Waals surface area (Å²) in [5, 5.41) is 11.4. The molecule has 3 N–H and O–H groups in total. The average Bonchev–Trinajstić information content (AvgIpc) is 3.15. The highest BCUT2D eigenvalue weighted by Crippen LogP contribution is 2.38. The molecule has 1 amide bonds. The number of anilines is 1. The van der Waals surface area contributed by atoms with Gasteiger partial charge in [-0.05, 0) is 24.1 Å². The Morgan fingerprint density at radius 3 is 2.52 bits per heavy atom. The van der Waals surface area contributed by atoms with Gasteiger partial charge in [0.2, 0.25) is 0 Å². The van der Waals surface area contributed by atoms with E-state index in [9.17, 15) is 32.0 Å². The van der Waals surface area contributed by atoms with Crippen LogP contribution in [0.3, 0.4) is 0 Å². The maximum atomic E-state index is 13.9. The second kappa shape index (κ2) is 9.26. The van der Waals surface area contributed by atoms with Crippen LogP contribution in [-0.4, -0.2) is 49.2 Å². The second-order valence-electron chi connectivity index (χ2n) is 7.08. The van der Waals surface area contributed by atoms with E-state index in [1.54, 1.807) is 4.90 Å². The Bertz CT molecular complexity index is 1010. The van der Waals surface area contributed by atoms with Gasteiger partial charge in [0.05, 0.1) is 11.3 Å². The van der Waals surface area contributed by atoms with Crippen LogP contribution < -0.4 is 16.0 Å². The zero-order valence-electron chi connectivity index (χ0n) is 16.1. The number of pyridine rings is 1. The molecule has 0 aliphatic carbocycles. The molecule has 1 aromatic heterocycles. The topological polar surface area (TPSA) is 95.0 Å². The van der Waals surface area contributed by atoms with E-state index in [4.69, 9.17) is 5.73 Å². The van der Waals surface area contributed by atoms with Crippen molar-refractivity contribution in [3.05, 3.63) is 47.3 Å². The molecule has 0 saturated carbocycles. The molecule has 0 bridgehead atoms. The number of aromatic nitrogens is 1. The van der Waals surface area contributed by atoms with Gasteiger partial charge in [0.25, 0.3) is 12.3 Å². The number of carbonyl (C=O) groups excluding carboxylic acids is 1. The van der Waals surface area contributed by atoms with Crippen molar-refractivity contribution in [2.24, 2.45) is 5.73 Å². The predicted octanol–water partition coefficient (Wildman–Crippen LogP) is 2.77. The van der Waals surface area contributed by atoms with E-state index in [1.165, 1.54) is 0 Å². The van der Waals surface area contributed by atoms with E-state index in [0.29, 0.717) is 19.0 Å². The smallest absolute Gasteiger partial charge is 0.261 e. The van der Waals surface area contributed by atoms with Crippen molar-refractivity contribution in [3.63, 3.8) is 0 Å². The van der Waals surface area contributed by atoms with Gasteiger partial charge < -0.3 is 16.0 Å². The first-order chi connectivity index (χ1) is 14.7. The first-order valence-electron chi connectivity index (χ1n) is 9.30. The van der Waals surface area contributed by atoms with E-state index < -0.39 is 36.7 Å². The standard InChI is InChI=1S/C20H18F5N5O/c21-6-15(19(24)25)29-20(31)14-8-28-16(7-26)17(10-3-11(22)5-12(23)4-10)18(14)30-2-1-13(27)9-30/h3-5,8,13,15,19H,1-2,6,9,27H2,(H,29,31)/t13-,15-/m0/s1. The van der Waals surface area contributed by atoms with Gasteiger partial charge in [0, 0.05) is 37.0 Å². The molecule has 0 radical (unpaired) electrons. The predicted molar refractivity (Wildman–Crippen MR) is 102 cm³/mol. The Morgan fingerprint density at radius 1 is 1.32 bits per heavy atom. The molecule has 1 aromatic carbocycles. The molecule has 0 unspecified atom stereocenters. The second-order valence-corrected chi connectivity index (χ2v) is 7.08. The fourth-order valence-corrected chi connectivity index (χ4v) is 3.46. The number of halogens is 5. The molecule has 31 heavy (non-hydrogen) atoms. The van der Waals surface area contributed by atoms with Gasteiger partial charge in [-0.2, -0.15) is 5.26 Å². The maximum absolute atomic E-state index is 13.9. The number of rotatable bonds is 6. The Kier molecular flexibility index (Phi) is 6.70. The van der Waals surface area contributed by atoms with Crippen LogP contribution in [0.25, 0.3) is 11.1 Å². The van der Waals surface area contributed by atoms with Crippen LogP contribution in [-0.2, 0) is 0 Å². The summed E-state index contributed by atoms with van der Waals surface area (Å²) in [6.45, 7) is -0.928. The van der Waals surface area contributed by atoms with Crippen molar-refractivity contribution >= 4 is 11.6 Å².